The largest absolute Gasteiger partial charge is 0.292 e. The lowest BCUT2D eigenvalue weighted by molar-refractivity contribution is 0.269. The van der Waals surface area contributed by atoms with Crippen LogP contribution < -0.4 is 0 Å². The molecule has 2 aromatic rings. The van der Waals surface area contributed by atoms with Crippen LogP contribution >= 0.6 is 11.6 Å². The van der Waals surface area contributed by atoms with Crippen LogP contribution in [-0.2, 0) is 13.1 Å². The van der Waals surface area contributed by atoms with Crippen molar-refractivity contribution >= 4 is 11.6 Å². The highest BCUT2D eigenvalue weighted by atomic mass is 35.5. The normalized spacial score (nSPS) is 10.9. The van der Waals surface area contributed by atoms with Gasteiger partial charge >= 0.3 is 0 Å². The van der Waals surface area contributed by atoms with Crippen LogP contribution in [0.2, 0.25) is 0 Å². The molecule has 0 radical (unpaired) electrons. The first-order chi connectivity index (χ1) is 9.29. The van der Waals surface area contributed by atoms with E-state index in [-0.39, 0.29) is 0 Å². The molecule has 0 saturated carbocycles. The molecule has 0 unspecified atom stereocenters. The first kappa shape index (κ1) is 14.0. The number of nitrogens with zero attached hydrogens (tertiary/aromatic N) is 2. The Labute approximate surface area is 120 Å². The Balaban J connectivity index is 2.06. The summed E-state index contributed by atoms with van der Waals surface area (Å²) in [6.45, 7) is 4.72. The summed E-state index contributed by atoms with van der Waals surface area (Å²) in [6.07, 6.45) is 1.85. The number of hydrogen-bond acceptors (Lipinski definition) is 2. The molecule has 2 rings (SSSR count). The van der Waals surface area contributed by atoms with Crippen LogP contribution in [0.15, 0.2) is 48.7 Å². The van der Waals surface area contributed by atoms with Gasteiger partial charge in [-0.05, 0) is 24.1 Å². The third-order valence-corrected chi connectivity index (χ3v) is 3.31. The van der Waals surface area contributed by atoms with Crippen molar-refractivity contribution in [2.45, 2.75) is 20.0 Å². The number of alkyl halides is 1. The number of pyridine rings is 1. The van der Waals surface area contributed by atoms with Gasteiger partial charge in [0.1, 0.15) is 0 Å². The molecular formula is C16H19ClN2. The van der Waals surface area contributed by atoms with Crippen molar-refractivity contribution in [2.75, 3.05) is 12.4 Å². The van der Waals surface area contributed by atoms with Crippen LogP contribution in [0, 0.1) is 6.92 Å². The predicted octanol–water partition coefficient (Wildman–Crippen LogP) is 3.63. The summed E-state index contributed by atoms with van der Waals surface area (Å²) in [5.74, 6) is 0.638. The first-order valence-corrected chi connectivity index (χ1v) is 7.06. The van der Waals surface area contributed by atoms with Gasteiger partial charge < -0.3 is 0 Å². The van der Waals surface area contributed by atoms with E-state index in [2.05, 4.69) is 47.1 Å². The van der Waals surface area contributed by atoms with E-state index in [9.17, 15) is 0 Å². The summed E-state index contributed by atoms with van der Waals surface area (Å²) < 4.78 is 0. The van der Waals surface area contributed by atoms with Crippen molar-refractivity contribution < 1.29 is 0 Å². The SMILES string of the molecule is Cc1cccnc1CN(CCCl)Cc1ccccc1. The zero-order valence-electron chi connectivity index (χ0n) is 11.2. The van der Waals surface area contributed by atoms with Crippen LogP contribution in [0.25, 0.3) is 0 Å². The molecule has 0 aliphatic carbocycles. The van der Waals surface area contributed by atoms with Crippen molar-refractivity contribution in [3.05, 3.63) is 65.5 Å². The van der Waals surface area contributed by atoms with Crippen LogP contribution in [0.3, 0.4) is 0 Å². The number of aromatic nitrogens is 1. The molecule has 1 heterocycles. The van der Waals surface area contributed by atoms with Crippen molar-refractivity contribution in [1.29, 1.82) is 0 Å². The second-order valence-corrected chi connectivity index (χ2v) is 5.03. The molecule has 0 bridgehead atoms. The minimum absolute atomic E-state index is 0.638. The predicted molar refractivity (Wildman–Crippen MR) is 80.3 cm³/mol. The van der Waals surface area contributed by atoms with E-state index in [1.807, 2.05) is 18.3 Å². The fourth-order valence-corrected chi connectivity index (χ4v) is 2.31. The van der Waals surface area contributed by atoms with Crippen LogP contribution in [0.1, 0.15) is 16.8 Å². The number of rotatable bonds is 6. The molecule has 0 fully saturated rings. The average Bonchev–Trinajstić information content (AvgIpc) is 2.43. The topological polar surface area (TPSA) is 16.1 Å². The molecule has 1 aromatic heterocycles. The van der Waals surface area contributed by atoms with Gasteiger partial charge in [0.25, 0.3) is 0 Å². The highest BCUT2D eigenvalue weighted by molar-refractivity contribution is 6.18. The lowest BCUT2D eigenvalue weighted by Gasteiger charge is -2.21. The second-order valence-electron chi connectivity index (χ2n) is 4.65. The van der Waals surface area contributed by atoms with E-state index in [4.69, 9.17) is 11.6 Å². The third kappa shape index (κ3) is 4.34. The molecule has 0 aliphatic rings. The quantitative estimate of drug-likeness (QED) is 0.748. The Bertz CT molecular complexity index is 499. The molecule has 0 saturated heterocycles. The fourth-order valence-electron chi connectivity index (χ4n) is 2.07. The Hall–Kier alpha value is -1.38. The van der Waals surface area contributed by atoms with E-state index in [1.54, 1.807) is 0 Å². The lowest BCUT2D eigenvalue weighted by atomic mass is 10.2. The zero-order chi connectivity index (χ0) is 13.5. The summed E-state index contributed by atoms with van der Waals surface area (Å²) in [5, 5.41) is 0. The van der Waals surface area contributed by atoms with Gasteiger partial charge in [0.05, 0.1) is 5.69 Å². The molecule has 0 N–H and O–H groups in total. The standard InChI is InChI=1S/C16H19ClN2/c1-14-6-5-10-18-16(14)13-19(11-9-17)12-15-7-3-2-4-8-15/h2-8,10H,9,11-13H2,1H3. The maximum atomic E-state index is 5.91. The fraction of sp³-hybridized carbons (Fsp3) is 0.312. The van der Waals surface area contributed by atoms with Crippen molar-refractivity contribution in [3.63, 3.8) is 0 Å². The van der Waals surface area contributed by atoms with Crippen molar-refractivity contribution in [2.24, 2.45) is 0 Å². The second kappa shape index (κ2) is 7.27. The summed E-state index contributed by atoms with van der Waals surface area (Å²) in [6, 6.07) is 14.5. The minimum Gasteiger partial charge on any atom is -0.292 e. The van der Waals surface area contributed by atoms with Crippen molar-refractivity contribution in [1.82, 2.24) is 9.88 Å². The van der Waals surface area contributed by atoms with Crippen LogP contribution in [-0.4, -0.2) is 22.3 Å². The maximum Gasteiger partial charge on any atom is 0.0573 e. The molecule has 2 nitrogen and oxygen atoms in total. The number of hydrogen-bond donors (Lipinski definition) is 0. The molecule has 0 atom stereocenters. The van der Waals surface area contributed by atoms with E-state index >= 15 is 0 Å². The third-order valence-electron chi connectivity index (χ3n) is 3.14. The highest BCUT2D eigenvalue weighted by Crippen LogP contribution is 2.11. The van der Waals surface area contributed by atoms with Crippen LogP contribution in [0.4, 0.5) is 0 Å². The molecular weight excluding hydrogens is 256 g/mol. The minimum atomic E-state index is 0.638. The summed E-state index contributed by atoms with van der Waals surface area (Å²) in [5.41, 5.74) is 3.67. The zero-order valence-corrected chi connectivity index (χ0v) is 12.0. The molecule has 100 valence electrons. The monoisotopic (exact) mass is 274 g/mol. The molecule has 0 aliphatic heterocycles. The Kier molecular flexibility index (Phi) is 5.37. The highest BCUT2D eigenvalue weighted by Gasteiger charge is 2.08. The molecule has 1 aromatic carbocycles. The molecule has 3 heteroatoms. The number of aryl methyl sites for hydroxylation is 1. The number of benzene rings is 1. The summed E-state index contributed by atoms with van der Waals surface area (Å²) in [7, 11) is 0. The summed E-state index contributed by atoms with van der Waals surface area (Å²) in [4.78, 5) is 6.79. The number of halogens is 1. The molecule has 0 spiro atoms. The Morgan fingerprint density at radius 3 is 2.53 bits per heavy atom. The van der Waals surface area contributed by atoms with Gasteiger partial charge in [0.15, 0.2) is 0 Å². The van der Waals surface area contributed by atoms with Gasteiger partial charge in [0.2, 0.25) is 0 Å². The Morgan fingerprint density at radius 2 is 1.84 bits per heavy atom. The van der Waals surface area contributed by atoms with E-state index in [0.717, 1.165) is 25.3 Å². The van der Waals surface area contributed by atoms with Gasteiger partial charge in [-0.1, -0.05) is 36.4 Å². The van der Waals surface area contributed by atoms with E-state index in [0.29, 0.717) is 5.88 Å². The lowest BCUT2D eigenvalue weighted by Crippen LogP contribution is -2.25. The van der Waals surface area contributed by atoms with Gasteiger partial charge in [-0.25, -0.2) is 0 Å². The maximum absolute atomic E-state index is 5.91. The van der Waals surface area contributed by atoms with Gasteiger partial charge in [-0.2, -0.15) is 0 Å². The van der Waals surface area contributed by atoms with Gasteiger partial charge in [-0.3, -0.25) is 9.88 Å². The summed E-state index contributed by atoms with van der Waals surface area (Å²) >= 11 is 5.91. The average molecular weight is 275 g/mol. The van der Waals surface area contributed by atoms with E-state index in [1.165, 1.54) is 11.1 Å². The van der Waals surface area contributed by atoms with E-state index < -0.39 is 0 Å². The molecule has 0 amide bonds. The van der Waals surface area contributed by atoms with Gasteiger partial charge in [0, 0.05) is 31.7 Å². The van der Waals surface area contributed by atoms with Crippen LogP contribution in [0.5, 0.6) is 0 Å². The smallest absolute Gasteiger partial charge is 0.0573 e. The first-order valence-electron chi connectivity index (χ1n) is 6.52. The Morgan fingerprint density at radius 1 is 1.05 bits per heavy atom. The molecule has 19 heavy (non-hydrogen) atoms. The van der Waals surface area contributed by atoms with Gasteiger partial charge in [-0.15, -0.1) is 11.6 Å². The van der Waals surface area contributed by atoms with Crippen molar-refractivity contribution in [3.8, 4) is 0 Å².